The van der Waals surface area contributed by atoms with E-state index in [0.29, 0.717) is 48.5 Å². The number of H-pyrrole nitrogens is 2. The summed E-state index contributed by atoms with van der Waals surface area (Å²) < 4.78 is 9.65. The van der Waals surface area contributed by atoms with Crippen LogP contribution in [-0.4, -0.2) is 105 Å². The zero-order chi connectivity index (χ0) is 46.8. The second kappa shape index (κ2) is 17.8. The van der Waals surface area contributed by atoms with E-state index in [1.807, 2.05) is 43.7 Å². The van der Waals surface area contributed by atoms with E-state index >= 15 is 0 Å². The molecule has 3 saturated heterocycles. The molecule has 4 aromatic rings. The molecule has 0 spiro atoms. The standard InChI is InChI=1S/C52H63N9O6/c1-27(2)45(57-51(64)66-6)49(62)60-22-8-10-39(60)47-53-25-32(55-47)16-14-29-15-17-33(42-31-13-12-30(24-31)41(29)42)34-18-19-35(44-38-21-20-37(43(34)44)59(38)5)36-26-54-48(56-36)40-11-9-23-61(40)50(63)46(28(3)4)58-52(65)67-7/h15,17-19,25-28,30-31,37-40,45-46H,8-13,20-24H2,1-7H3,(H,53,55)(H,54,56)(H,57,64)(H,58,65)/t30?,31?,37?,38?,39-,40-,45-,46-/m0/s1. The van der Waals surface area contributed by atoms with Gasteiger partial charge in [-0.2, -0.15) is 0 Å². The number of nitrogens with zero attached hydrogens (tertiary/aromatic N) is 5. The zero-order valence-electron chi connectivity index (χ0n) is 39.7. The third-order valence-corrected chi connectivity index (χ3v) is 15.8. The van der Waals surface area contributed by atoms with E-state index in [1.54, 1.807) is 6.20 Å². The van der Waals surface area contributed by atoms with Gasteiger partial charge in [0.05, 0.1) is 44.4 Å². The Morgan fingerprint density at radius 2 is 1.16 bits per heavy atom. The van der Waals surface area contributed by atoms with Gasteiger partial charge in [-0.25, -0.2) is 19.6 Å². The summed E-state index contributed by atoms with van der Waals surface area (Å²) in [5, 5.41) is 5.48. The molecule has 4 bridgehead atoms. The maximum atomic E-state index is 13.9. The highest BCUT2D eigenvalue weighted by Gasteiger charge is 2.47. The van der Waals surface area contributed by atoms with Crippen LogP contribution in [0.1, 0.15) is 167 Å². The van der Waals surface area contributed by atoms with Gasteiger partial charge in [-0.15, -0.1) is 0 Å². The number of carbonyl (C=O) groups excluding carboxylic acids is 4. The number of alkyl carbamates (subject to hydrolysis) is 2. The third-order valence-electron chi connectivity index (χ3n) is 15.8. The number of ether oxygens (including phenoxy) is 2. The maximum absolute atomic E-state index is 13.9. The van der Waals surface area contributed by atoms with E-state index in [4.69, 9.17) is 19.4 Å². The molecule has 15 heteroatoms. The highest BCUT2D eigenvalue weighted by Crippen LogP contribution is 2.61. The average Bonchev–Trinajstić information content (AvgIpc) is 4.19. The number of aromatic nitrogens is 4. The first-order valence-corrected chi connectivity index (χ1v) is 24.3. The van der Waals surface area contributed by atoms with Crippen molar-refractivity contribution < 1.29 is 28.7 Å². The first-order chi connectivity index (χ1) is 32.4. The lowest BCUT2D eigenvalue weighted by Crippen LogP contribution is -2.51. The van der Waals surface area contributed by atoms with Crippen molar-refractivity contribution in [1.82, 2.24) is 45.3 Å². The van der Waals surface area contributed by atoms with Crippen molar-refractivity contribution in [2.45, 2.75) is 134 Å². The number of methoxy groups -OCH3 is 2. The van der Waals surface area contributed by atoms with E-state index in [9.17, 15) is 19.2 Å². The van der Waals surface area contributed by atoms with E-state index in [2.05, 4.69) is 68.7 Å². The topological polar surface area (TPSA) is 178 Å². The van der Waals surface area contributed by atoms with E-state index in [0.717, 1.165) is 62.0 Å². The van der Waals surface area contributed by atoms with Crippen molar-refractivity contribution in [2.24, 2.45) is 11.8 Å². The third kappa shape index (κ3) is 7.74. The number of hydrogen-bond donors (Lipinski definition) is 4. The number of benzene rings is 2. The smallest absolute Gasteiger partial charge is 0.407 e. The lowest BCUT2D eigenvalue weighted by Gasteiger charge is -2.30. The largest absolute Gasteiger partial charge is 0.453 e. The van der Waals surface area contributed by atoms with Gasteiger partial charge in [-0.1, -0.05) is 51.8 Å². The molecule has 0 radical (unpaired) electrons. The van der Waals surface area contributed by atoms with Crippen molar-refractivity contribution in [1.29, 1.82) is 0 Å². The van der Waals surface area contributed by atoms with Gasteiger partial charge in [0.2, 0.25) is 11.8 Å². The first-order valence-electron chi connectivity index (χ1n) is 24.3. The molecule has 67 heavy (non-hydrogen) atoms. The number of fused-ring (bicyclic) bond motifs is 10. The fraction of sp³-hybridized carbons (Fsp3) is 0.538. The molecule has 2 aliphatic carbocycles. The highest BCUT2D eigenvalue weighted by molar-refractivity contribution is 5.88. The van der Waals surface area contributed by atoms with Crippen LogP contribution in [0.15, 0.2) is 36.7 Å². The molecule has 6 heterocycles. The van der Waals surface area contributed by atoms with Crippen molar-refractivity contribution in [3.8, 4) is 34.2 Å². The maximum Gasteiger partial charge on any atom is 0.407 e. The number of amides is 4. The second-order valence-corrected chi connectivity index (χ2v) is 20.2. The number of imidazole rings is 2. The number of nitrogens with one attached hydrogen (secondary N) is 4. The van der Waals surface area contributed by atoms with E-state index < -0.39 is 24.3 Å². The Bertz CT molecular complexity index is 2670. The fourth-order valence-corrected chi connectivity index (χ4v) is 12.6. The minimum absolute atomic E-state index is 0.108. The van der Waals surface area contributed by atoms with E-state index in [1.165, 1.54) is 66.0 Å². The lowest BCUT2D eigenvalue weighted by atomic mass is 9.78. The normalized spacial score (nSPS) is 24.4. The Labute approximate surface area is 392 Å². The number of aromatic amines is 2. The quantitative estimate of drug-likeness (QED) is 0.114. The number of carbonyl (C=O) groups is 4. The first kappa shape index (κ1) is 44.7. The molecule has 4 fully saturated rings. The molecule has 15 nitrogen and oxygen atoms in total. The highest BCUT2D eigenvalue weighted by atomic mass is 16.5. The van der Waals surface area contributed by atoms with Gasteiger partial charge in [0.1, 0.15) is 29.4 Å². The van der Waals surface area contributed by atoms with Crippen molar-refractivity contribution in [2.75, 3.05) is 34.4 Å². The van der Waals surface area contributed by atoms with Gasteiger partial charge < -0.3 is 39.9 Å². The molecule has 352 valence electrons. The minimum atomic E-state index is -0.695. The molecule has 4 N–H and O–H groups in total. The summed E-state index contributed by atoms with van der Waals surface area (Å²) >= 11 is 0. The van der Waals surface area contributed by atoms with Crippen LogP contribution in [0.25, 0.3) is 22.4 Å². The molecule has 4 aliphatic heterocycles. The van der Waals surface area contributed by atoms with Gasteiger partial charge in [-0.05, 0) is 134 Å². The summed E-state index contributed by atoms with van der Waals surface area (Å²) in [6.45, 7) is 8.88. The van der Waals surface area contributed by atoms with Crippen LogP contribution in [0.2, 0.25) is 0 Å². The molecule has 4 unspecified atom stereocenters. The summed E-state index contributed by atoms with van der Waals surface area (Å²) in [6, 6.07) is 7.98. The summed E-state index contributed by atoms with van der Waals surface area (Å²) in [4.78, 5) is 74.9. The van der Waals surface area contributed by atoms with Gasteiger partial charge in [0.15, 0.2) is 0 Å². The fourth-order valence-electron chi connectivity index (χ4n) is 12.6. The van der Waals surface area contributed by atoms with Gasteiger partial charge >= 0.3 is 12.2 Å². The number of likely N-dealkylation sites (tertiary alicyclic amines) is 2. The summed E-state index contributed by atoms with van der Waals surface area (Å²) in [6.07, 6.45) is 11.5. The van der Waals surface area contributed by atoms with Crippen LogP contribution in [0, 0.1) is 23.7 Å². The average molecular weight is 910 g/mol. The van der Waals surface area contributed by atoms with Crippen molar-refractivity contribution in [3.63, 3.8) is 0 Å². The monoisotopic (exact) mass is 909 g/mol. The molecule has 2 aromatic carbocycles. The van der Waals surface area contributed by atoms with Gasteiger partial charge in [0.25, 0.3) is 0 Å². The Morgan fingerprint density at radius 3 is 1.76 bits per heavy atom. The van der Waals surface area contributed by atoms with Crippen LogP contribution in [0.4, 0.5) is 9.59 Å². The molecule has 6 aliphatic rings. The SMILES string of the molecule is COC(=O)N[C@H](C(=O)N1CCC[C@H]1c1ncc(C#Cc2ccc(-c3ccc(-c4cnc([C@@H]5CCCN5C(=O)[C@@H](NC(=O)OC)C(C)C)[nH]4)c4c3C3CCC4N3C)c3c2C2CCC3C2)[nH]1)C(C)C. The van der Waals surface area contributed by atoms with Crippen molar-refractivity contribution in [3.05, 3.63) is 81.8 Å². The van der Waals surface area contributed by atoms with Crippen LogP contribution < -0.4 is 10.6 Å². The van der Waals surface area contributed by atoms with Gasteiger partial charge in [0, 0.05) is 36.3 Å². The summed E-state index contributed by atoms with van der Waals surface area (Å²) in [7, 11) is 4.88. The molecule has 8 atom stereocenters. The zero-order valence-corrected chi connectivity index (χ0v) is 39.7. The van der Waals surface area contributed by atoms with Crippen LogP contribution in [-0.2, 0) is 19.1 Å². The molecular weight excluding hydrogens is 847 g/mol. The summed E-state index contributed by atoms with van der Waals surface area (Å²) in [5.74, 6) is 8.97. The molecule has 2 aromatic heterocycles. The Morgan fingerprint density at radius 1 is 0.642 bits per heavy atom. The molecule has 10 rings (SSSR count). The minimum Gasteiger partial charge on any atom is -0.453 e. The lowest BCUT2D eigenvalue weighted by molar-refractivity contribution is -0.136. The van der Waals surface area contributed by atoms with E-state index in [-0.39, 0.29) is 35.7 Å². The predicted octanol–water partition coefficient (Wildman–Crippen LogP) is 8.14. The molecular formula is C52H63N9O6. The van der Waals surface area contributed by atoms with Crippen molar-refractivity contribution >= 4 is 24.0 Å². The molecule has 1 saturated carbocycles. The predicted molar refractivity (Wildman–Crippen MR) is 252 cm³/mol. The van der Waals surface area contributed by atoms with Gasteiger partial charge in [-0.3, -0.25) is 14.5 Å². The Kier molecular flexibility index (Phi) is 11.9. The molecule has 4 amide bonds. The second-order valence-electron chi connectivity index (χ2n) is 20.2. The number of rotatable bonds is 10. The van der Waals surface area contributed by atoms with Crippen LogP contribution in [0.3, 0.4) is 0 Å². The van der Waals surface area contributed by atoms with Crippen LogP contribution in [0.5, 0.6) is 0 Å². The number of hydrogen-bond acceptors (Lipinski definition) is 9. The summed E-state index contributed by atoms with van der Waals surface area (Å²) in [5.41, 5.74) is 12.2. The Balaban J connectivity index is 0.939. The van der Waals surface area contributed by atoms with Crippen LogP contribution >= 0.6 is 0 Å². The Hall–Kier alpha value is -6.14.